The number of hydrogen-bond acceptors (Lipinski definition) is 4. The number of hydrogen-bond donors (Lipinski definition) is 1. The van der Waals surface area contributed by atoms with Crippen LogP contribution in [0.15, 0.2) is 18.5 Å². The molecule has 1 aromatic heterocycles. The highest BCUT2D eigenvalue weighted by Crippen LogP contribution is 2.18. The van der Waals surface area contributed by atoms with Crippen LogP contribution in [-0.2, 0) is 4.74 Å². The number of methoxy groups -OCH3 is 1. The summed E-state index contributed by atoms with van der Waals surface area (Å²) < 4.78 is 5.47. The van der Waals surface area contributed by atoms with E-state index >= 15 is 0 Å². The van der Waals surface area contributed by atoms with Crippen molar-refractivity contribution in [2.45, 2.75) is 32.0 Å². The van der Waals surface area contributed by atoms with E-state index in [9.17, 15) is 4.79 Å². The predicted octanol–water partition coefficient (Wildman–Crippen LogP) is 1.57. The molecule has 0 radical (unpaired) electrons. The quantitative estimate of drug-likeness (QED) is 0.917. The first-order chi connectivity index (χ1) is 9.52. The van der Waals surface area contributed by atoms with Crippen molar-refractivity contribution in [2.75, 3.05) is 20.2 Å². The molecule has 6 heteroatoms. The van der Waals surface area contributed by atoms with Crippen LogP contribution in [0.4, 0.5) is 0 Å². The topological polar surface area (TPSA) is 54.5 Å². The third-order valence-electron chi connectivity index (χ3n) is 3.66. The van der Waals surface area contributed by atoms with Gasteiger partial charge < -0.3 is 10.1 Å². The number of carbonyl (C=O) groups is 1. The molecule has 2 rings (SSSR count). The number of pyridine rings is 1. The molecule has 1 aliphatic heterocycles. The SMILES string of the molecule is CO[C@H]1CN(C(C)C)C[C@@H]1NC(=O)c1ccncc1Cl. The molecule has 20 heavy (non-hydrogen) atoms. The zero-order chi connectivity index (χ0) is 14.7. The average molecular weight is 298 g/mol. The van der Waals surface area contributed by atoms with E-state index in [1.807, 2.05) is 0 Å². The molecule has 1 N–H and O–H groups in total. The molecule has 110 valence electrons. The molecule has 0 spiro atoms. The number of carbonyl (C=O) groups excluding carboxylic acids is 1. The second-order valence-corrected chi connectivity index (χ2v) is 5.66. The Morgan fingerprint density at radius 2 is 2.30 bits per heavy atom. The molecular weight excluding hydrogens is 278 g/mol. The van der Waals surface area contributed by atoms with Gasteiger partial charge in [0.05, 0.1) is 22.7 Å². The summed E-state index contributed by atoms with van der Waals surface area (Å²) in [5.41, 5.74) is 0.444. The van der Waals surface area contributed by atoms with Gasteiger partial charge in [0.2, 0.25) is 0 Å². The molecule has 5 nitrogen and oxygen atoms in total. The summed E-state index contributed by atoms with van der Waals surface area (Å²) in [5, 5.41) is 3.36. The van der Waals surface area contributed by atoms with E-state index < -0.39 is 0 Å². The summed E-state index contributed by atoms with van der Waals surface area (Å²) in [5.74, 6) is -0.185. The number of aromatic nitrogens is 1. The molecule has 0 aromatic carbocycles. The van der Waals surface area contributed by atoms with E-state index in [-0.39, 0.29) is 18.1 Å². The first kappa shape index (κ1) is 15.2. The Hall–Kier alpha value is -1.17. The second kappa shape index (κ2) is 6.52. The van der Waals surface area contributed by atoms with Crippen LogP contribution in [0.1, 0.15) is 24.2 Å². The number of ether oxygens (including phenoxy) is 1. The van der Waals surface area contributed by atoms with E-state index in [1.165, 1.54) is 6.20 Å². The summed E-state index contributed by atoms with van der Waals surface area (Å²) in [6.45, 7) is 5.88. The summed E-state index contributed by atoms with van der Waals surface area (Å²) >= 11 is 5.99. The van der Waals surface area contributed by atoms with Gasteiger partial charge in [0, 0.05) is 38.6 Å². The van der Waals surface area contributed by atoms with E-state index in [0.29, 0.717) is 16.6 Å². The van der Waals surface area contributed by atoms with Crippen LogP contribution in [0.25, 0.3) is 0 Å². The molecule has 2 atom stereocenters. The maximum Gasteiger partial charge on any atom is 0.253 e. The highest BCUT2D eigenvalue weighted by atomic mass is 35.5. The molecule has 1 aliphatic rings. The highest BCUT2D eigenvalue weighted by Gasteiger charge is 2.35. The van der Waals surface area contributed by atoms with Gasteiger partial charge in [-0.15, -0.1) is 0 Å². The lowest BCUT2D eigenvalue weighted by Gasteiger charge is -2.20. The first-order valence-electron chi connectivity index (χ1n) is 6.70. The number of nitrogens with one attached hydrogen (secondary N) is 1. The highest BCUT2D eigenvalue weighted by molar-refractivity contribution is 6.33. The minimum absolute atomic E-state index is 0.00182. The molecule has 0 unspecified atom stereocenters. The average Bonchev–Trinajstić information content (AvgIpc) is 2.82. The van der Waals surface area contributed by atoms with Gasteiger partial charge in [-0.05, 0) is 19.9 Å². The minimum Gasteiger partial charge on any atom is -0.378 e. The summed E-state index contributed by atoms with van der Waals surface area (Å²) in [6, 6.07) is 2.02. The Labute approximate surface area is 124 Å². The van der Waals surface area contributed by atoms with E-state index in [2.05, 4.69) is 29.0 Å². The number of halogens is 1. The molecule has 1 fully saturated rings. The maximum absolute atomic E-state index is 12.3. The van der Waals surface area contributed by atoms with Crippen molar-refractivity contribution in [1.29, 1.82) is 0 Å². The van der Waals surface area contributed by atoms with Gasteiger partial charge in [-0.25, -0.2) is 0 Å². The monoisotopic (exact) mass is 297 g/mol. The predicted molar refractivity (Wildman–Crippen MR) is 78.0 cm³/mol. The molecule has 0 aliphatic carbocycles. The zero-order valence-electron chi connectivity index (χ0n) is 12.0. The van der Waals surface area contributed by atoms with E-state index in [4.69, 9.17) is 16.3 Å². The van der Waals surface area contributed by atoms with Crippen molar-refractivity contribution in [1.82, 2.24) is 15.2 Å². The number of nitrogens with zero attached hydrogens (tertiary/aromatic N) is 2. The number of rotatable bonds is 4. The fraction of sp³-hybridized carbons (Fsp3) is 0.571. The summed E-state index contributed by atoms with van der Waals surface area (Å²) in [7, 11) is 1.67. The van der Waals surface area contributed by atoms with Gasteiger partial charge in [-0.3, -0.25) is 14.7 Å². The minimum atomic E-state index is -0.185. The van der Waals surface area contributed by atoms with Gasteiger partial charge in [0.25, 0.3) is 5.91 Å². The van der Waals surface area contributed by atoms with Crippen molar-refractivity contribution < 1.29 is 9.53 Å². The fourth-order valence-electron chi connectivity index (χ4n) is 2.41. The van der Waals surface area contributed by atoms with Crippen LogP contribution in [0.2, 0.25) is 5.02 Å². The third kappa shape index (κ3) is 3.29. The normalized spacial score (nSPS) is 23.2. The van der Waals surface area contributed by atoms with Crippen molar-refractivity contribution in [3.63, 3.8) is 0 Å². The van der Waals surface area contributed by atoms with Gasteiger partial charge in [-0.2, -0.15) is 0 Å². The van der Waals surface area contributed by atoms with E-state index in [0.717, 1.165) is 13.1 Å². The Kier molecular flexibility index (Phi) is 4.96. The summed E-state index contributed by atoms with van der Waals surface area (Å²) in [6.07, 6.45) is 3.03. The summed E-state index contributed by atoms with van der Waals surface area (Å²) in [4.78, 5) is 18.4. The van der Waals surface area contributed by atoms with Crippen LogP contribution in [0.5, 0.6) is 0 Å². The molecular formula is C14H20ClN3O2. The molecule has 0 saturated carbocycles. The largest absolute Gasteiger partial charge is 0.378 e. The smallest absolute Gasteiger partial charge is 0.253 e. The Morgan fingerprint density at radius 1 is 1.55 bits per heavy atom. The van der Waals surface area contributed by atoms with Gasteiger partial charge in [0.15, 0.2) is 0 Å². The van der Waals surface area contributed by atoms with Crippen molar-refractivity contribution in [3.05, 3.63) is 29.0 Å². The van der Waals surface area contributed by atoms with Crippen LogP contribution >= 0.6 is 11.6 Å². The molecule has 1 amide bonds. The van der Waals surface area contributed by atoms with Gasteiger partial charge in [0.1, 0.15) is 0 Å². The Bertz CT molecular complexity index is 481. The molecule has 0 bridgehead atoms. The van der Waals surface area contributed by atoms with Crippen LogP contribution < -0.4 is 5.32 Å². The molecule has 1 saturated heterocycles. The van der Waals surface area contributed by atoms with Crippen LogP contribution in [0, 0.1) is 0 Å². The Balaban J connectivity index is 2.05. The second-order valence-electron chi connectivity index (χ2n) is 5.26. The number of likely N-dealkylation sites (tertiary alicyclic amines) is 1. The lowest BCUT2D eigenvalue weighted by atomic mass is 10.2. The standard InChI is InChI=1S/C14H20ClN3O2/c1-9(2)18-7-12(13(8-18)20-3)17-14(19)10-4-5-16-6-11(10)15/h4-6,9,12-13H,7-8H2,1-3H3,(H,17,19)/t12-,13-/m0/s1. The van der Waals surface area contributed by atoms with Crippen molar-refractivity contribution in [3.8, 4) is 0 Å². The first-order valence-corrected chi connectivity index (χ1v) is 7.08. The number of amides is 1. The van der Waals surface area contributed by atoms with Gasteiger partial charge in [-0.1, -0.05) is 11.6 Å². The maximum atomic E-state index is 12.3. The third-order valence-corrected chi connectivity index (χ3v) is 3.96. The lowest BCUT2D eigenvalue weighted by Crippen LogP contribution is -2.43. The molecule has 1 aromatic rings. The van der Waals surface area contributed by atoms with Gasteiger partial charge >= 0.3 is 0 Å². The molecule has 2 heterocycles. The van der Waals surface area contributed by atoms with Crippen molar-refractivity contribution in [2.24, 2.45) is 0 Å². The van der Waals surface area contributed by atoms with Crippen LogP contribution in [-0.4, -0.2) is 54.2 Å². The zero-order valence-corrected chi connectivity index (χ0v) is 12.7. The Morgan fingerprint density at radius 3 is 2.90 bits per heavy atom. The van der Waals surface area contributed by atoms with Crippen molar-refractivity contribution >= 4 is 17.5 Å². The fourth-order valence-corrected chi connectivity index (χ4v) is 2.61. The van der Waals surface area contributed by atoms with Crippen LogP contribution in [0.3, 0.4) is 0 Å². The lowest BCUT2D eigenvalue weighted by molar-refractivity contribution is 0.0753. The van der Waals surface area contributed by atoms with E-state index in [1.54, 1.807) is 19.4 Å².